The molecular formula is C18H16N6O3S. The second kappa shape index (κ2) is 7.31. The van der Waals surface area contributed by atoms with E-state index >= 15 is 0 Å². The first-order valence-electron chi connectivity index (χ1n) is 8.54. The molecule has 0 spiro atoms. The summed E-state index contributed by atoms with van der Waals surface area (Å²) in [6.45, 7) is 3.77. The minimum absolute atomic E-state index is 0.146. The maximum atomic E-state index is 12.4. The molecule has 0 bridgehead atoms. The van der Waals surface area contributed by atoms with Gasteiger partial charge in [-0.1, -0.05) is 28.6 Å². The van der Waals surface area contributed by atoms with E-state index in [1.807, 2.05) is 32.0 Å². The molecule has 28 heavy (non-hydrogen) atoms. The first kappa shape index (κ1) is 18.0. The van der Waals surface area contributed by atoms with Crippen LogP contribution in [-0.4, -0.2) is 31.2 Å². The average Bonchev–Trinajstić information content (AvgIpc) is 3.28. The van der Waals surface area contributed by atoms with Gasteiger partial charge >= 0.3 is 0 Å². The fourth-order valence-corrected chi connectivity index (χ4v) is 3.30. The van der Waals surface area contributed by atoms with Crippen molar-refractivity contribution < 1.29 is 9.32 Å². The van der Waals surface area contributed by atoms with E-state index in [4.69, 9.17) is 4.52 Å². The summed E-state index contributed by atoms with van der Waals surface area (Å²) >= 11 is 1.30. The summed E-state index contributed by atoms with van der Waals surface area (Å²) in [5, 5.41) is 16.3. The number of rotatable bonds is 5. The molecule has 0 saturated heterocycles. The molecule has 3 heterocycles. The first-order chi connectivity index (χ1) is 13.5. The Kier molecular flexibility index (Phi) is 4.70. The van der Waals surface area contributed by atoms with Crippen LogP contribution in [0, 0.1) is 13.8 Å². The van der Waals surface area contributed by atoms with Crippen molar-refractivity contribution in [3.05, 3.63) is 51.1 Å². The van der Waals surface area contributed by atoms with Crippen molar-refractivity contribution in [2.75, 3.05) is 5.32 Å². The van der Waals surface area contributed by atoms with Gasteiger partial charge in [0.15, 0.2) is 0 Å². The molecule has 1 aromatic carbocycles. The van der Waals surface area contributed by atoms with Crippen LogP contribution in [0.5, 0.6) is 0 Å². The third-order valence-corrected chi connectivity index (χ3v) is 4.80. The molecule has 2 N–H and O–H groups in total. The zero-order valence-corrected chi connectivity index (χ0v) is 16.0. The second-order valence-electron chi connectivity index (χ2n) is 6.29. The molecule has 0 fully saturated rings. The highest BCUT2D eigenvalue weighted by atomic mass is 32.1. The lowest BCUT2D eigenvalue weighted by Gasteiger charge is -2.01. The third-order valence-electron chi connectivity index (χ3n) is 4.05. The Morgan fingerprint density at radius 1 is 1.25 bits per heavy atom. The predicted molar refractivity (Wildman–Crippen MR) is 104 cm³/mol. The number of hydrogen-bond donors (Lipinski definition) is 2. The fraction of sp³-hybridized carbons (Fsp3) is 0.222. The SMILES string of the molecule is Cc1ccc2cc(-c3noc(CCC(=O)Nc4nnc(C)s4)n3)c(=O)[nH]c2c1. The number of H-pyrrole nitrogens is 1. The number of fused-ring (bicyclic) bond motifs is 1. The molecule has 10 heteroatoms. The maximum Gasteiger partial charge on any atom is 0.259 e. The van der Waals surface area contributed by atoms with Crippen molar-refractivity contribution in [1.82, 2.24) is 25.3 Å². The van der Waals surface area contributed by atoms with Gasteiger partial charge in [0.25, 0.3) is 5.56 Å². The van der Waals surface area contributed by atoms with Crippen molar-refractivity contribution in [2.24, 2.45) is 0 Å². The number of nitrogens with zero attached hydrogens (tertiary/aromatic N) is 4. The number of amides is 1. The van der Waals surface area contributed by atoms with Gasteiger partial charge in [0, 0.05) is 18.4 Å². The molecule has 4 aromatic rings. The molecule has 1 amide bonds. The van der Waals surface area contributed by atoms with E-state index in [0.717, 1.165) is 21.5 Å². The molecule has 0 aliphatic carbocycles. The van der Waals surface area contributed by atoms with Crippen LogP contribution in [0.1, 0.15) is 22.9 Å². The van der Waals surface area contributed by atoms with E-state index in [-0.39, 0.29) is 36.0 Å². The standard InChI is InChI=1S/C18H16N6O3S/c1-9-3-4-11-8-12(17(26)19-13(11)7-9)16-21-15(27-24-16)6-5-14(25)20-18-23-22-10(2)28-18/h3-4,7-8H,5-6H2,1-2H3,(H,19,26)(H,20,23,25). The normalized spacial score (nSPS) is 11.1. The lowest BCUT2D eigenvalue weighted by molar-refractivity contribution is -0.116. The fourth-order valence-electron chi connectivity index (χ4n) is 2.70. The van der Waals surface area contributed by atoms with E-state index in [2.05, 4.69) is 30.6 Å². The minimum Gasteiger partial charge on any atom is -0.339 e. The molecule has 0 saturated carbocycles. The molecule has 0 atom stereocenters. The van der Waals surface area contributed by atoms with Gasteiger partial charge in [-0.3, -0.25) is 9.59 Å². The van der Waals surface area contributed by atoms with Crippen molar-refractivity contribution >= 4 is 33.3 Å². The van der Waals surface area contributed by atoms with Crippen molar-refractivity contribution in [1.29, 1.82) is 0 Å². The number of carbonyl (C=O) groups excluding carboxylic acids is 1. The summed E-state index contributed by atoms with van der Waals surface area (Å²) in [6, 6.07) is 7.52. The highest BCUT2D eigenvalue weighted by Crippen LogP contribution is 2.19. The van der Waals surface area contributed by atoms with E-state index in [1.165, 1.54) is 11.3 Å². The summed E-state index contributed by atoms with van der Waals surface area (Å²) < 4.78 is 5.19. The number of aromatic nitrogens is 5. The first-order valence-corrected chi connectivity index (χ1v) is 9.36. The van der Waals surface area contributed by atoms with E-state index < -0.39 is 0 Å². The Balaban J connectivity index is 1.47. The van der Waals surface area contributed by atoms with Crippen molar-refractivity contribution in [3.8, 4) is 11.4 Å². The van der Waals surface area contributed by atoms with Gasteiger partial charge in [-0.15, -0.1) is 10.2 Å². The topological polar surface area (TPSA) is 127 Å². The molecule has 142 valence electrons. The maximum absolute atomic E-state index is 12.4. The van der Waals surface area contributed by atoms with Crippen LogP contribution in [0.3, 0.4) is 0 Å². The number of benzene rings is 1. The number of hydrogen-bond acceptors (Lipinski definition) is 8. The lowest BCUT2D eigenvalue weighted by Crippen LogP contribution is -2.12. The Morgan fingerprint density at radius 2 is 2.11 bits per heavy atom. The van der Waals surface area contributed by atoms with Crippen LogP contribution in [0.15, 0.2) is 33.6 Å². The van der Waals surface area contributed by atoms with Gasteiger partial charge < -0.3 is 14.8 Å². The highest BCUT2D eigenvalue weighted by Gasteiger charge is 2.15. The predicted octanol–water partition coefficient (Wildman–Crippen LogP) is 2.62. The second-order valence-corrected chi connectivity index (χ2v) is 7.47. The molecule has 4 rings (SSSR count). The molecule has 9 nitrogen and oxygen atoms in total. The van der Waals surface area contributed by atoms with Crippen LogP contribution in [0.4, 0.5) is 5.13 Å². The summed E-state index contributed by atoms with van der Waals surface area (Å²) in [6.07, 6.45) is 0.398. The number of carbonyl (C=O) groups is 1. The third kappa shape index (κ3) is 3.81. The van der Waals surface area contributed by atoms with Gasteiger partial charge in [0.1, 0.15) is 5.01 Å². The van der Waals surface area contributed by atoms with Crippen LogP contribution in [0.2, 0.25) is 0 Å². The molecule has 0 aliphatic heterocycles. The molecule has 0 aliphatic rings. The minimum atomic E-state index is -0.296. The Bertz CT molecular complexity index is 1230. The lowest BCUT2D eigenvalue weighted by atomic mass is 10.1. The molecular weight excluding hydrogens is 380 g/mol. The Labute approximate surface area is 162 Å². The van der Waals surface area contributed by atoms with Crippen molar-refractivity contribution in [3.63, 3.8) is 0 Å². The Morgan fingerprint density at radius 3 is 2.89 bits per heavy atom. The summed E-state index contributed by atoms with van der Waals surface area (Å²) in [7, 11) is 0. The zero-order chi connectivity index (χ0) is 19.7. The average molecular weight is 396 g/mol. The number of aromatic amines is 1. The van der Waals surface area contributed by atoms with Gasteiger partial charge in [-0.25, -0.2) is 0 Å². The van der Waals surface area contributed by atoms with E-state index in [0.29, 0.717) is 10.7 Å². The quantitative estimate of drug-likeness (QED) is 0.531. The van der Waals surface area contributed by atoms with Crippen LogP contribution in [0.25, 0.3) is 22.3 Å². The van der Waals surface area contributed by atoms with Gasteiger partial charge in [-0.2, -0.15) is 4.98 Å². The summed E-state index contributed by atoms with van der Waals surface area (Å²) in [5.41, 5.74) is 1.83. The Hall–Kier alpha value is -3.40. The van der Waals surface area contributed by atoms with Crippen LogP contribution < -0.4 is 10.9 Å². The molecule has 3 aromatic heterocycles. The van der Waals surface area contributed by atoms with E-state index in [1.54, 1.807) is 6.07 Å². The largest absolute Gasteiger partial charge is 0.339 e. The van der Waals surface area contributed by atoms with E-state index in [9.17, 15) is 9.59 Å². The van der Waals surface area contributed by atoms with Gasteiger partial charge in [-0.05, 0) is 36.9 Å². The number of pyridine rings is 1. The van der Waals surface area contributed by atoms with Gasteiger partial charge in [0.05, 0.1) is 5.56 Å². The summed E-state index contributed by atoms with van der Waals surface area (Å²) in [4.78, 5) is 31.4. The van der Waals surface area contributed by atoms with Gasteiger partial charge in [0.2, 0.25) is 22.8 Å². The zero-order valence-electron chi connectivity index (χ0n) is 15.1. The van der Waals surface area contributed by atoms with Crippen LogP contribution >= 0.6 is 11.3 Å². The smallest absolute Gasteiger partial charge is 0.259 e. The number of nitrogens with one attached hydrogen (secondary N) is 2. The summed E-state index contributed by atoms with van der Waals surface area (Å²) in [5.74, 6) is 0.246. The molecule has 0 radical (unpaired) electrons. The molecule has 0 unspecified atom stereocenters. The number of anilines is 1. The van der Waals surface area contributed by atoms with Crippen LogP contribution in [-0.2, 0) is 11.2 Å². The van der Waals surface area contributed by atoms with Crippen molar-refractivity contribution in [2.45, 2.75) is 26.7 Å². The number of aryl methyl sites for hydroxylation is 3. The monoisotopic (exact) mass is 396 g/mol. The highest BCUT2D eigenvalue weighted by molar-refractivity contribution is 7.15.